The molecule has 0 spiro atoms. The second kappa shape index (κ2) is 5.45. The Labute approximate surface area is 113 Å². The van der Waals surface area contributed by atoms with Crippen molar-refractivity contribution in [3.63, 3.8) is 0 Å². The van der Waals surface area contributed by atoms with E-state index in [2.05, 4.69) is 4.98 Å². The fourth-order valence-electron chi connectivity index (χ4n) is 2.25. The largest absolute Gasteiger partial charge is 0.497 e. The zero-order valence-electron chi connectivity index (χ0n) is 11.6. The third kappa shape index (κ3) is 2.96. The van der Waals surface area contributed by atoms with Crippen molar-refractivity contribution >= 4 is 0 Å². The minimum atomic E-state index is -0.978. The van der Waals surface area contributed by atoms with Gasteiger partial charge in [0.2, 0.25) is 0 Å². The molecular weight excluding hydrogens is 240 g/mol. The molecule has 2 rings (SSSR count). The molecule has 0 fully saturated rings. The Balaban J connectivity index is 2.20. The van der Waals surface area contributed by atoms with Gasteiger partial charge in [0.25, 0.3) is 0 Å². The summed E-state index contributed by atoms with van der Waals surface area (Å²) in [5.41, 5.74) is 0.0742. The van der Waals surface area contributed by atoms with E-state index in [1.165, 1.54) is 0 Å². The molecule has 0 radical (unpaired) electrons. The Morgan fingerprint density at radius 1 is 1.32 bits per heavy atom. The van der Waals surface area contributed by atoms with Crippen molar-refractivity contribution in [2.24, 2.45) is 0 Å². The fraction of sp³-hybridized carbons (Fsp3) is 0.400. The highest BCUT2D eigenvalue weighted by molar-refractivity contribution is 5.28. The number of rotatable bonds is 5. The second-order valence-electron chi connectivity index (χ2n) is 4.84. The molecule has 0 aliphatic heterocycles. The van der Waals surface area contributed by atoms with Gasteiger partial charge in [-0.15, -0.1) is 0 Å². The van der Waals surface area contributed by atoms with Gasteiger partial charge in [-0.2, -0.15) is 0 Å². The van der Waals surface area contributed by atoms with Crippen molar-refractivity contribution in [1.82, 2.24) is 9.55 Å². The van der Waals surface area contributed by atoms with E-state index in [-0.39, 0.29) is 0 Å². The van der Waals surface area contributed by atoms with Crippen molar-refractivity contribution in [3.8, 4) is 5.75 Å². The van der Waals surface area contributed by atoms with Gasteiger partial charge >= 0.3 is 0 Å². The van der Waals surface area contributed by atoms with E-state index in [1.807, 2.05) is 42.0 Å². The molecule has 0 aliphatic carbocycles. The molecule has 1 aromatic carbocycles. The number of nitrogens with zero attached hydrogens (tertiary/aromatic N) is 2. The smallest absolute Gasteiger partial charge is 0.140 e. The molecule has 1 N–H and O–H groups in total. The summed E-state index contributed by atoms with van der Waals surface area (Å²) in [5.74, 6) is 1.52. The predicted molar refractivity (Wildman–Crippen MR) is 74.2 cm³/mol. The molecular formula is C15H20N2O2. The summed E-state index contributed by atoms with van der Waals surface area (Å²) in [6.45, 7) is 4.63. The van der Waals surface area contributed by atoms with Crippen LogP contribution in [0.25, 0.3) is 0 Å². The minimum absolute atomic E-state index is 0.522. The number of benzene rings is 1. The molecule has 1 aromatic heterocycles. The molecule has 1 atom stereocenters. The lowest BCUT2D eigenvalue weighted by atomic mass is 9.95. The average molecular weight is 260 g/mol. The Morgan fingerprint density at radius 3 is 2.58 bits per heavy atom. The van der Waals surface area contributed by atoms with E-state index < -0.39 is 5.60 Å². The van der Waals surface area contributed by atoms with E-state index in [0.29, 0.717) is 12.2 Å². The van der Waals surface area contributed by atoms with Gasteiger partial charge in [0.1, 0.15) is 17.2 Å². The van der Waals surface area contributed by atoms with Crippen LogP contribution in [0.2, 0.25) is 0 Å². The Kier molecular flexibility index (Phi) is 3.90. The van der Waals surface area contributed by atoms with Crippen LogP contribution in [0.5, 0.6) is 5.75 Å². The highest BCUT2D eigenvalue weighted by Gasteiger charge is 2.28. The van der Waals surface area contributed by atoms with Crippen LogP contribution in [-0.4, -0.2) is 21.8 Å². The normalized spacial score (nSPS) is 14.1. The van der Waals surface area contributed by atoms with Crippen LogP contribution in [0.3, 0.4) is 0 Å². The number of ether oxygens (including phenoxy) is 1. The summed E-state index contributed by atoms with van der Waals surface area (Å²) in [4.78, 5) is 4.28. The molecule has 1 unspecified atom stereocenters. The lowest BCUT2D eigenvalue weighted by Crippen LogP contribution is -2.28. The van der Waals surface area contributed by atoms with E-state index in [4.69, 9.17) is 4.74 Å². The first kappa shape index (κ1) is 13.6. The molecule has 1 heterocycles. The van der Waals surface area contributed by atoms with Gasteiger partial charge in [-0.3, -0.25) is 0 Å². The molecule has 4 heteroatoms. The van der Waals surface area contributed by atoms with Gasteiger partial charge in [-0.1, -0.05) is 12.1 Å². The van der Waals surface area contributed by atoms with Crippen molar-refractivity contribution in [2.75, 3.05) is 7.11 Å². The minimum Gasteiger partial charge on any atom is -0.497 e. The number of aromatic nitrogens is 2. The Morgan fingerprint density at radius 2 is 2.00 bits per heavy atom. The van der Waals surface area contributed by atoms with Crippen molar-refractivity contribution in [1.29, 1.82) is 0 Å². The van der Waals surface area contributed by atoms with Crippen LogP contribution in [-0.2, 0) is 18.6 Å². The molecule has 0 bridgehead atoms. The zero-order chi connectivity index (χ0) is 13.9. The number of methoxy groups -OCH3 is 1. The summed E-state index contributed by atoms with van der Waals surface area (Å²) in [5, 5.41) is 10.7. The molecule has 0 aliphatic rings. The lowest BCUT2D eigenvalue weighted by molar-refractivity contribution is 0.0445. The molecule has 0 saturated heterocycles. The summed E-state index contributed by atoms with van der Waals surface area (Å²) in [6, 6.07) is 7.73. The van der Waals surface area contributed by atoms with Gasteiger partial charge in [-0.25, -0.2) is 4.98 Å². The van der Waals surface area contributed by atoms with E-state index in [9.17, 15) is 5.11 Å². The highest BCUT2D eigenvalue weighted by Crippen LogP contribution is 2.25. The third-order valence-corrected chi connectivity index (χ3v) is 3.25. The number of aryl methyl sites for hydroxylation is 1. The van der Waals surface area contributed by atoms with Crippen LogP contribution >= 0.6 is 0 Å². The van der Waals surface area contributed by atoms with Crippen LogP contribution < -0.4 is 4.74 Å². The van der Waals surface area contributed by atoms with Crippen molar-refractivity contribution < 1.29 is 9.84 Å². The van der Waals surface area contributed by atoms with Crippen LogP contribution in [0.1, 0.15) is 25.2 Å². The van der Waals surface area contributed by atoms with E-state index >= 15 is 0 Å². The lowest BCUT2D eigenvalue weighted by Gasteiger charge is -2.23. The third-order valence-electron chi connectivity index (χ3n) is 3.25. The molecule has 2 aromatic rings. The van der Waals surface area contributed by atoms with E-state index in [1.54, 1.807) is 20.2 Å². The fourth-order valence-corrected chi connectivity index (χ4v) is 2.25. The Bertz CT molecular complexity index is 529. The maximum atomic E-state index is 10.7. The average Bonchev–Trinajstić information content (AvgIpc) is 2.88. The van der Waals surface area contributed by atoms with E-state index in [0.717, 1.165) is 17.9 Å². The maximum absolute atomic E-state index is 10.7. The summed E-state index contributed by atoms with van der Waals surface area (Å²) >= 11 is 0. The van der Waals surface area contributed by atoms with Gasteiger partial charge in [-0.05, 0) is 31.5 Å². The SMILES string of the molecule is CCn1ccnc1C(C)(O)Cc1ccc(OC)cc1. The van der Waals surface area contributed by atoms with Gasteiger partial charge < -0.3 is 14.4 Å². The molecule has 0 saturated carbocycles. The standard InChI is InChI=1S/C15H20N2O2/c1-4-17-10-9-16-14(17)15(2,18)11-12-5-7-13(19-3)8-6-12/h5-10,18H,4,11H2,1-3H3. The molecule has 0 amide bonds. The number of aliphatic hydroxyl groups is 1. The molecule has 102 valence electrons. The summed E-state index contributed by atoms with van der Waals surface area (Å²) in [6.07, 6.45) is 4.13. The monoisotopic (exact) mass is 260 g/mol. The maximum Gasteiger partial charge on any atom is 0.140 e. The topological polar surface area (TPSA) is 47.3 Å². The number of hydrogen-bond donors (Lipinski definition) is 1. The van der Waals surface area contributed by atoms with Crippen LogP contribution in [0.4, 0.5) is 0 Å². The number of imidazole rings is 1. The molecule has 19 heavy (non-hydrogen) atoms. The van der Waals surface area contributed by atoms with Gasteiger partial charge in [0, 0.05) is 25.4 Å². The van der Waals surface area contributed by atoms with Gasteiger partial charge in [0.05, 0.1) is 7.11 Å². The predicted octanol–water partition coefficient (Wildman–Crippen LogP) is 2.36. The first-order chi connectivity index (χ1) is 9.06. The molecule has 4 nitrogen and oxygen atoms in total. The van der Waals surface area contributed by atoms with Crippen LogP contribution in [0, 0.1) is 0 Å². The quantitative estimate of drug-likeness (QED) is 0.897. The Hall–Kier alpha value is -1.81. The summed E-state index contributed by atoms with van der Waals surface area (Å²) < 4.78 is 7.09. The first-order valence-corrected chi connectivity index (χ1v) is 6.43. The highest BCUT2D eigenvalue weighted by atomic mass is 16.5. The summed E-state index contributed by atoms with van der Waals surface area (Å²) in [7, 11) is 1.64. The van der Waals surface area contributed by atoms with Crippen LogP contribution in [0.15, 0.2) is 36.7 Å². The number of hydrogen-bond acceptors (Lipinski definition) is 3. The second-order valence-corrected chi connectivity index (χ2v) is 4.84. The van der Waals surface area contributed by atoms with Crippen molar-refractivity contribution in [3.05, 3.63) is 48.0 Å². The first-order valence-electron chi connectivity index (χ1n) is 6.43. The van der Waals surface area contributed by atoms with Crippen molar-refractivity contribution in [2.45, 2.75) is 32.4 Å². The van der Waals surface area contributed by atoms with Gasteiger partial charge in [0.15, 0.2) is 0 Å². The zero-order valence-corrected chi connectivity index (χ0v) is 11.6.